The standard InChI is InChI=1S/C13H13BrFNO5/c1-20-13(19)11(17)6-12(18)16(21-2)7-8-3-4-10(15)9(14)5-8/h3-5H,6-7H2,1-2H3. The number of halogens is 2. The van der Waals surface area contributed by atoms with Crippen LogP contribution in [0.5, 0.6) is 0 Å². The normalized spacial score (nSPS) is 10.1. The van der Waals surface area contributed by atoms with E-state index in [0.717, 1.165) is 12.2 Å². The Morgan fingerprint density at radius 3 is 2.48 bits per heavy atom. The summed E-state index contributed by atoms with van der Waals surface area (Å²) >= 11 is 3.03. The molecule has 21 heavy (non-hydrogen) atoms. The number of hydrogen-bond donors (Lipinski definition) is 0. The van der Waals surface area contributed by atoms with Crippen LogP contribution in [0, 0.1) is 5.82 Å². The van der Waals surface area contributed by atoms with Crippen LogP contribution in [0.25, 0.3) is 0 Å². The van der Waals surface area contributed by atoms with Crippen LogP contribution in [0.1, 0.15) is 12.0 Å². The van der Waals surface area contributed by atoms with Crippen molar-refractivity contribution in [1.29, 1.82) is 0 Å². The summed E-state index contributed by atoms with van der Waals surface area (Å²) in [5.74, 6) is -3.20. The van der Waals surface area contributed by atoms with E-state index in [2.05, 4.69) is 20.7 Å². The molecule has 0 saturated heterocycles. The highest BCUT2D eigenvalue weighted by Crippen LogP contribution is 2.18. The average molecular weight is 362 g/mol. The number of hydroxylamine groups is 2. The molecular weight excluding hydrogens is 349 g/mol. The molecule has 0 unspecified atom stereocenters. The number of benzene rings is 1. The van der Waals surface area contributed by atoms with Crippen molar-refractivity contribution in [2.24, 2.45) is 0 Å². The Labute approximate surface area is 128 Å². The molecule has 8 heteroatoms. The second kappa shape index (κ2) is 7.84. The van der Waals surface area contributed by atoms with E-state index in [9.17, 15) is 18.8 Å². The summed E-state index contributed by atoms with van der Waals surface area (Å²) in [7, 11) is 2.30. The Hall–Kier alpha value is -1.80. The topological polar surface area (TPSA) is 72.9 Å². The van der Waals surface area contributed by atoms with Gasteiger partial charge in [0.05, 0.1) is 31.7 Å². The molecule has 1 rings (SSSR count). The summed E-state index contributed by atoms with van der Waals surface area (Å²) < 4.78 is 17.6. The predicted molar refractivity (Wildman–Crippen MR) is 73.3 cm³/mol. The van der Waals surface area contributed by atoms with Crippen LogP contribution in [-0.2, 0) is 30.5 Å². The van der Waals surface area contributed by atoms with Crippen molar-refractivity contribution in [2.75, 3.05) is 14.2 Å². The molecule has 0 radical (unpaired) electrons. The number of esters is 1. The van der Waals surface area contributed by atoms with Gasteiger partial charge in [-0.15, -0.1) is 0 Å². The number of amides is 1. The number of carbonyl (C=O) groups is 3. The molecule has 1 aromatic carbocycles. The van der Waals surface area contributed by atoms with E-state index in [1.807, 2.05) is 0 Å². The summed E-state index contributed by atoms with van der Waals surface area (Å²) in [6, 6.07) is 4.19. The molecule has 0 heterocycles. The lowest BCUT2D eigenvalue weighted by Gasteiger charge is -2.19. The van der Waals surface area contributed by atoms with Crippen molar-refractivity contribution >= 4 is 33.6 Å². The molecule has 0 aliphatic heterocycles. The van der Waals surface area contributed by atoms with E-state index in [4.69, 9.17) is 4.84 Å². The maximum Gasteiger partial charge on any atom is 0.374 e. The van der Waals surface area contributed by atoms with Crippen molar-refractivity contribution in [2.45, 2.75) is 13.0 Å². The summed E-state index contributed by atoms with van der Waals surface area (Å²) in [6.45, 7) is 0.00264. The van der Waals surface area contributed by atoms with Crippen LogP contribution < -0.4 is 0 Å². The molecule has 114 valence electrons. The molecule has 0 saturated carbocycles. The lowest BCUT2D eigenvalue weighted by Crippen LogP contribution is -2.33. The Morgan fingerprint density at radius 1 is 1.29 bits per heavy atom. The van der Waals surface area contributed by atoms with Gasteiger partial charge < -0.3 is 4.74 Å². The fourth-order valence-electron chi connectivity index (χ4n) is 1.47. The summed E-state index contributed by atoms with van der Waals surface area (Å²) in [5, 5.41) is 0.903. The molecule has 1 amide bonds. The zero-order valence-electron chi connectivity index (χ0n) is 11.4. The van der Waals surface area contributed by atoms with Crippen LogP contribution in [0.15, 0.2) is 22.7 Å². The number of ketones is 1. The lowest BCUT2D eigenvalue weighted by molar-refractivity contribution is -0.180. The molecule has 0 aliphatic carbocycles. The minimum absolute atomic E-state index is 0.00264. The highest BCUT2D eigenvalue weighted by atomic mass is 79.9. The van der Waals surface area contributed by atoms with Gasteiger partial charge in [-0.05, 0) is 33.6 Å². The first-order chi connectivity index (χ1) is 9.88. The maximum absolute atomic E-state index is 13.1. The number of nitrogens with zero attached hydrogens (tertiary/aromatic N) is 1. The van der Waals surface area contributed by atoms with Gasteiger partial charge in [0, 0.05) is 0 Å². The number of carbonyl (C=O) groups excluding carboxylic acids is 3. The van der Waals surface area contributed by atoms with Crippen LogP contribution in [-0.4, -0.2) is 36.9 Å². The molecule has 0 aliphatic rings. The quantitative estimate of drug-likeness (QED) is 0.333. The Kier molecular flexibility index (Phi) is 6.44. The summed E-state index contributed by atoms with van der Waals surface area (Å²) in [5.41, 5.74) is 0.587. The molecule has 0 fully saturated rings. The zero-order chi connectivity index (χ0) is 16.0. The van der Waals surface area contributed by atoms with Crippen molar-refractivity contribution in [3.8, 4) is 0 Å². The monoisotopic (exact) mass is 361 g/mol. The third-order valence-corrected chi connectivity index (χ3v) is 3.14. The third kappa shape index (κ3) is 4.91. The van der Waals surface area contributed by atoms with E-state index in [1.165, 1.54) is 25.3 Å². The lowest BCUT2D eigenvalue weighted by atomic mass is 10.2. The van der Waals surface area contributed by atoms with Crippen molar-refractivity contribution < 1.29 is 28.3 Å². The van der Waals surface area contributed by atoms with Crippen LogP contribution in [0.2, 0.25) is 0 Å². The first kappa shape index (κ1) is 17.3. The highest BCUT2D eigenvalue weighted by molar-refractivity contribution is 9.10. The minimum atomic E-state index is -1.09. The SMILES string of the molecule is COC(=O)C(=O)CC(=O)N(Cc1ccc(F)c(Br)c1)OC. The average Bonchev–Trinajstić information content (AvgIpc) is 2.47. The Balaban J connectivity index is 2.73. The van der Waals surface area contributed by atoms with Crippen molar-refractivity contribution in [3.63, 3.8) is 0 Å². The summed E-state index contributed by atoms with van der Waals surface area (Å²) in [6.07, 6.45) is -0.664. The molecular formula is C13H13BrFNO5. The fourth-order valence-corrected chi connectivity index (χ4v) is 1.90. The van der Waals surface area contributed by atoms with Crippen LogP contribution >= 0.6 is 15.9 Å². The number of methoxy groups -OCH3 is 1. The van der Waals surface area contributed by atoms with Gasteiger partial charge in [0.25, 0.3) is 5.91 Å². The molecule has 0 N–H and O–H groups in total. The molecule has 6 nitrogen and oxygen atoms in total. The van der Waals surface area contributed by atoms with Gasteiger partial charge in [0.15, 0.2) is 0 Å². The van der Waals surface area contributed by atoms with Gasteiger partial charge in [0.2, 0.25) is 5.78 Å². The molecule has 0 spiro atoms. The van der Waals surface area contributed by atoms with Gasteiger partial charge in [-0.3, -0.25) is 14.4 Å². The van der Waals surface area contributed by atoms with Gasteiger partial charge in [-0.25, -0.2) is 14.2 Å². The second-order valence-electron chi connectivity index (χ2n) is 3.95. The van der Waals surface area contributed by atoms with E-state index < -0.39 is 29.9 Å². The van der Waals surface area contributed by atoms with E-state index in [0.29, 0.717) is 5.56 Å². The van der Waals surface area contributed by atoms with Crippen LogP contribution in [0.3, 0.4) is 0 Å². The number of hydrogen-bond acceptors (Lipinski definition) is 5. The zero-order valence-corrected chi connectivity index (χ0v) is 13.0. The van der Waals surface area contributed by atoms with E-state index >= 15 is 0 Å². The third-order valence-electron chi connectivity index (χ3n) is 2.53. The number of ether oxygens (including phenoxy) is 1. The maximum atomic E-state index is 13.1. The molecule has 1 aromatic rings. The first-order valence-electron chi connectivity index (χ1n) is 5.78. The Morgan fingerprint density at radius 2 is 1.95 bits per heavy atom. The molecule has 0 atom stereocenters. The largest absolute Gasteiger partial charge is 0.463 e. The predicted octanol–water partition coefficient (Wildman–Crippen LogP) is 1.61. The minimum Gasteiger partial charge on any atom is -0.463 e. The van der Waals surface area contributed by atoms with Gasteiger partial charge in [-0.2, -0.15) is 0 Å². The van der Waals surface area contributed by atoms with E-state index in [1.54, 1.807) is 0 Å². The number of rotatable bonds is 6. The first-order valence-corrected chi connectivity index (χ1v) is 6.58. The van der Waals surface area contributed by atoms with Crippen molar-refractivity contribution in [3.05, 3.63) is 34.1 Å². The summed E-state index contributed by atoms with van der Waals surface area (Å²) in [4.78, 5) is 39.0. The van der Waals surface area contributed by atoms with Gasteiger partial charge >= 0.3 is 5.97 Å². The van der Waals surface area contributed by atoms with Crippen molar-refractivity contribution in [1.82, 2.24) is 5.06 Å². The highest BCUT2D eigenvalue weighted by Gasteiger charge is 2.23. The number of Topliss-reactive ketones (excluding diaryl/α,β-unsaturated/α-hetero) is 1. The van der Waals surface area contributed by atoms with Gasteiger partial charge in [0.1, 0.15) is 5.82 Å². The smallest absolute Gasteiger partial charge is 0.374 e. The van der Waals surface area contributed by atoms with Crippen LogP contribution in [0.4, 0.5) is 4.39 Å². The Bertz CT molecular complexity index is 563. The fraction of sp³-hybridized carbons (Fsp3) is 0.308. The van der Waals surface area contributed by atoms with Gasteiger partial charge in [-0.1, -0.05) is 6.07 Å². The molecule has 0 bridgehead atoms. The second-order valence-corrected chi connectivity index (χ2v) is 4.81. The van der Waals surface area contributed by atoms with E-state index in [-0.39, 0.29) is 11.0 Å². The molecule has 0 aromatic heterocycles.